The number of nitrogens with two attached hydrogens (primary N) is 3. The molecule has 4 rings (SSSR count). The number of hydrogen-bond acceptors (Lipinski definition) is 12. The Bertz CT molecular complexity index is 2110. The van der Waals surface area contributed by atoms with Crippen LogP contribution in [0.2, 0.25) is 5.02 Å². The summed E-state index contributed by atoms with van der Waals surface area (Å²) in [5, 5.41) is 12.3. The van der Waals surface area contributed by atoms with Crippen LogP contribution in [0.3, 0.4) is 0 Å². The van der Waals surface area contributed by atoms with E-state index < -0.39 is 41.5 Å². The molecule has 4 atom stereocenters. The van der Waals surface area contributed by atoms with E-state index in [2.05, 4.69) is 12.2 Å². The van der Waals surface area contributed by atoms with Crippen LogP contribution in [0, 0.1) is 23.2 Å². The standard InChI is InChI=1S/C49H65ClN6O8/c1-4-5-6-7-8-9-23-62-36-14-15-37(40(50)31-36)43(58)30-35(18-20-52)49(61)56(3)47-34-13-17-46(64-25-22-54)39(29-34)38-27-33(12-16-45(38)63-24-21-53)28-41(42(57)11-10-19-51)55-48(60)32(2)26-44(47)59/h12-17,27,29,31-32,35,41,47H,4-11,18,20-26,28,30,52-54H2,1-3H3,(H,55,60)/t32-,35-,41+,47+/m1/s1. The van der Waals surface area contributed by atoms with Gasteiger partial charge >= 0.3 is 0 Å². The van der Waals surface area contributed by atoms with Gasteiger partial charge in [0.15, 0.2) is 17.3 Å². The Morgan fingerprint density at radius 3 is 2.19 bits per heavy atom. The number of likely N-dealkylation sites (N-methyl/N-ethyl adjacent to an activating group) is 1. The third-order valence-electron chi connectivity index (χ3n) is 11.3. The minimum atomic E-state index is -1.24. The molecule has 1 aliphatic rings. The number of carbonyl (C=O) groups excluding carboxylic acids is 5. The first-order valence-electron chi connectivity index (χ1n) is 22.4. The summed E-state index contributed by atoms with van der Waals surface area (Å²) in [6, 6.07) is 15.1. The van der Waals surface area contributed by atoms with Crippen molar-refractivity contribution in [1.82, 2.24) is 10.2 Å². The zero-order valence-corrected chi connectivity index (χ0v) is 38.3. The molecule has 64 heavy (non-hydrogen) atoms. The number of nitriles is 1. The van der Waals surface area contributed by atoms with Crippen molar-refractivity contribution >= 4 is 40.8 Å². The van der Waals surface area contributed by atoms with Gasteiger partial charge in [-0.2, -0.15) is 5.26 Å². The van der Waals surface area contributed by atoms with E-state index in [1.165, 1.54) is 31.2 Å². The first kappa shape index (κ1) is 51.3. The maximum atomic E-state index is 14.7. The fourth-order valence-electron chi connectivity index (χ4n) is 7.86. The van der Waals surface area contributed by atoms with E-state index in [1.807, 2.05) is 12.1 Å². The van der Waals surface area contributed by atoms with Crippen LogP contribution >= 0.6 is 11.6 Å². The molecule has 0 saturated heterocycles. The van der Waals surface area contributed by atoms with Crippen molar-refractivity contribution in [2.45, 2.75) is 103 Å². The van der Waals surface area contributed by atoms with E-state index >= 15 is 0 Å². The van der Waals surface area contributed by atoms with Gasteiger partial charge in [-0.15, -0.1) is 0 Å². The minimum Gasteiger partial charge on any atom is -0.494 e. The third kappa shape index (κ3) is 14.6. The lowest BCUT2D eigenvalue weighted by Gasteiger charge is -2.32. The summed E-state index contributed by atoms with van der Waals surface area (Å²) in [6.07, 6.45) is 6.34. The molecule has 14 nitrogen and oxygen atoms in total. The van der Waals surface area contributed by atoms with Crippen LogP contribution in [0.15, 0.2) is 54.6 Å². The van der Waals surface area contributed by atoms with Gasteiger partial charge in [0.2, 0.25) is 11.8 Å². The predicted molar refractivity (Wildman–Crippen MR) is 247 cm³/mol. The summed E-state index contributed by atoms with van der Waals surface area (Å²) in [5.41, 5.74) is 20.1. The number of rotatable bonds is 24. The number of hydrogen-bond donors (Lipinski definition) is 4. The molecule has 1 aliphatic heterocycles. The molecule has 0 aliphatic carbocycles. The second-order valence-electron chi connectivity index (χ2n) is 16.3. The summed E-state index contributed by atoms with van der Waals surface area (Å²) in [6.45, 7) is 5.15. The number of ether oxygens (including phenoxy) is 3. The molecule has 0 radical (unpaired) electrons. The number of ketones is 3. The lowest BCUT2D eigenvalue weighted by Crippen LogP contribution is -2.46. The summed E-state index contributed by atoms with van der Waals surface area (Å²) in [5.74, 6) is -2.66. The highest BCUT2D eigenvalue weighted by molar-refractivity contribution is 6.34. The van der Waals surface area contributed by atoms with Crippen LogP contribution < -0.4 is 36.7 Å². The summed E-state index contributed by atoms with van der Waals surface area (Å²) in [7, 11) is 1.49. The predicted octanol–water partition coefficient (Wildman–Crippen LogP) is 6.67. The largest absolute Gasteiger partial charge is 0.494 e. The molecular weight excluding hydrogens is 836 g/mol. The zero-order chi connectivity index (χ0) is 46.6. The van der Waals surface area contributed by atoms with E-state index in [4.69, 9.17) is 43.0 Å². The van der Waals surface area contributed by atoms with E-state index in [0.29, 0.717) is 46.1 Å². The molecule has 2 amide bonds. The van der Waals surface area contributed by atoms with Crippen LogP contribution in [0.5, 0.6) is 17.2 Å². The second-order valence-corrected chi connectivity index (χ2v) is 16.7. The zero-order valence-electron chi connectivity index (χ0n) is 37.5. The number of nitrogens with one attached hydrogen (secondary N) is 1. The van der Waals surface area contributed by atoms with Gasteiger partial charge < -0.3 is 41.6 Å². The van der Waals surface area contributed by atoms with E-state index in [-0.39, 0.29) is 93.5 Å². The molecule has 0 unspecified atom stereocenters. The van der Waals surface area contributed by atoms with Gasteiger partial charge in [-0.3, -0.25) is 24.0 Å². The highest BCUT2D eigenvalue weighted by Crippen LogP contribution is 2.41. The SMILES string of the molecule is CCCCCCCCOc1ccc(C(=O)C[C@@H](CCN)C(=O)N(C)[C@@H]2C(=O)C[C@@H](C)C(=O)N[C@H](C(=O)CCC#N)Cc3ccc(OCCN)c(c3)-c3cc2ccc3OCCN)c(Cl)c1. The quantitative estimate of drug-likeness (QED) is 0.0546. The molecule has 1 heterocycles. The molecule has 4 bridgehead atoms. The maximum absolute atomic E-state index is 14.7. The fourth-order valence-corrected chi connectivity index (χ4v) is 8.14. The lowest BCUT2D eigenvalue weighted by molar-refractivity contribution is -0.142. The fraction of sp³-hybridized carbons (Fsp3) is 0.510. The van der Waals surface area contributed by atoms with Crippen molar-refractivity contribution in [3.05, 3.63) is 76.3 Å². The van der Waals surface area contributed by atoms with Crippen molar-refractivity contribution in [3.8, 4) is 34.4 Å². The van der Waals surface area contributed by atoms with Gasteiger partial charge in [-0.1, -0.05) is 69.7 Å². The van der Waals surface area contributed by atoms with Crippen LogP contribution in [-0.4, -0.2) is 86.6 Å². The Balaban J connectivity index is 1.74. The van der Waals surface area contributed by atoms with Gasteiger partial charge in [-0.25, -0.2) is 0 Å². The summed E-state index contributed by atoms with van der Waals surface area (Å²) >= 11 is 6.63. The number of fused-ring (bicyclic) bond motifs is 5. The van der Waals surface area contributed by atoms with Gasteiger partial charge in [0.1, 0.15) is 36.5 Å². The van der Waals surface area contributed by atoms with E-state index in [0.717, 1.165) is 19.3 Å². The molecular formula is C49H65ClN6O8. The Hall–Kier alpha value is -5.33. The van der Waals surface area contributed by atoms with Crippen LogP contribution in [0.25, 0.3) is 11.1 Å². The van der Waals surface area contributed by atoms with Crippen molar-refractivity contribution in [2.24, 2.45) is 29.0 Å². The van der Waals surface area contributed by atoms with Crippen molar-refractivity contribution in [3.63, 3.8) is 0 Å². The van der Waals surface area contributed by atoms with Crippen molar-refractivity contribution in [2.75, 3.05) is 46.5 Å². The monoisotopic (exact) mass is 900 g/mol. The first-order valence-corrected chi connectivity index (χ1v) is 22.8. The number of nitrogens with zero attached hydrogens (tertiary/aromatic N) is 2. The van der Waals surface area contributed by atoms with Gasteiger partial charge in [0.25, 0.3) is 0 Å². The van der Waals surface area contributed by atoms with E-state index in [1.54, 1.807) is 55.5 Å². The number of unbranched alkanes of at least 4 members (excludes halogenated alkanes) is 5. The number of carbonyl (C=O) groups is 5. The van der Waals surface area contributed by atoms with Gasteiger partial charge in [0.05, 0.1) is 23.7 Å². The Labute approximate surface area is 382 Å². The van der Waals surface area contributed by atoms with Crippen LogP contribution in [0.4, 0.5) is 0 Å². The van der Waals surface area contributed by atoms with Gasteiger partial charge in [0, 0.05) is 74.3 Å². The minimum absolute atomic E-state index is 0.0303. The van der Waals surface area contributed by atoms with Crippen LogP contribution in [0.1, 0.15) is 112 Å². The first-order chi connectivity index (χ1) is 30.9. The maximum Gasteiger partial charge on any atom is 0.226 e. The smallest absolute Gasteiger partial charge is 0.226 e. The van der Waals surface area contributed by atoms with Crippen LogP contribution in [-0.2, 0) is 25.6 Å². The number of benzene rings is 3. The highest BCUT2D eigenvalue weighted by atomic mass is 35.5. The third-order valence-corrected chi connectivity index (χ3v) is 11.6. The summed E-state index contributed by atoms with van der Waals surface area (Å²) in [4.78, 5) is 71.7. The number of halogens is 1. The molecule has 15 heteroatoms. The lowest BCUT2D eigenvalue weighted by atomic mass is 9.88. The van der Waals surface area contributed by atoms with E-state index in [9.17, 15) is 29.2 Å². The molecule has 0 fully saturated rings. The Morgan fingerprint density at radius 2 is 1.53 bits per heavy atom. The molecule has 0 spiro atoms. The van der Waals surface area contributed by atoms with Crippen molar-refractivity contribution < 1.29 is 38.2 Å². The topological polar surface area (TPSA) is 230 Å². The normalized spacial score (nSPS) is 16.8. The Kier molecular flexibility index (Phi) is 21.2. The number of Topliss-reactive ketones (excluding diaryl/α,β-unsaturated/α-hetero) is 3. The molecule has 3 aromatic rings. The van der Waals surface area contributed by atoms with Gasteiger partial charge in [-0.05, 0) is 79.4 Å². The molecule has 3 aromatic carbocycles. The molecule has 0 aromatic heterocycles. The Morgan fingerprint density at radius 1 is 0.859 bits per heavy atom. The molecule has 346 valence electrons. The second kappa shape index (κ2) is 26.5. The highest BCUT2D eigenvalue weighted by Gasteiger charge is 2.36. The molecule has 7 N–H and O–H groups in total. The average molecular weight is 902 g/mol. The van der Waals surface area contributed by atoms with Crippen molar-refractivity contribution in [1.29, 1.82) is 5.26 Å². The average Bonchev–Trinajstić information content (AvgIpc) is 3.28. The molecule has 0 saturated carbocycles. The number of amides is 2. The summed E-state index contributed by atoms with van der Waals surface area (Å²) < 4.78 is 18.1.